The Morgan fingerprint density at radius 2 is 1.65 bits per heavy atom. The lowest BCUT2D eigenvalue weighted by molar-refractivity contribution is -0.118. The monoisotopic (exact) mass is 268 g/mol. The highest BCUT2D eigenvalue weighted by Crippen LogP contribution is 2.15. The molecule has 2 aromatic rings. The third-order valence-electron chi connectivity index (χ3n) is 3.28. The van der Waals surface area contributed by atoms with Crippen molar-refractivity contribution in [3.05, 3.63) is 60.2 Å². The van der Waals surface area contributed by atoms with Gasteiger partial charge in [0.25, 0.3) is 0 Å². The summed E-state index contributed by atoms with van der Waals surface area (Å²) >= 11 is 0. The van der Waals surface area contributed by atoms with Gasteiger partial charge in [0.05, 0.1) is 0 Å². The van der Waals surface area contributed by atoms with Gasteiger partial charge in [0.1, 0.15) is 6.04 Å². The zero-order valence-electron chi connectivity index (χ0n) is 12.1. The van der Waals surface area contributed by atoms with Crippen LogP contribution in [0.1, 0.15) is 12.5 Å². The molecule has 3 heteroatoms. The zero-order valence-corrected chi connectivity index (χ0v) is 12.1. The van der Waals surface area contributed by atoms with Gasteiger partial charge in [0.2, 0.25) is 5.91 Å². The minimum atomic E-state index is -0.275. The van der Waals surface area contributed by atoms with Crippen LogP contribution >= 0.6 is 0 Å². The Balaban J connectivity index is 2.03. The van der Waals surface area contributed by atoms with Gasteiger partial charge in [-0.15, -0.1) is 0 Å². The standard InChI is InChI=1S/C17H20N2O/c1-13-9-11-15(12-10-13)18-14(2)17(20)19(3)16-7-5-4-6-8-16/h4-12,14,18H,1-3H3. The Hall–Kier alpha value is -2.29. The SMILES string of the molecule is Cc1ccc(NC(C)C(=O)N(C)c2ccccc2)cc1. The average molecular weight is 268 g/mol. The molecule has 0 aromatic heterocycles. The van der Waals surface area contributed by atoms with Crippen LogP contribution in [0.5, 0.6) is 0 Å². The summed E-state index contributed by atoms with van der Waals surface area (Å²) in [7, 11) is 1.80. The predicted molar refractivity (Wildman–Crippen MR) is 84.1 cm³/mol. The Morgan fingerprint density at radius 3 is 2.25 bits per heavy atom. The van der Waals surface area contributed by atoms with E-state index in [0.717, 1.165) is 11.4 Å². The zero-order chi connectivity index (χ0) is 14.5. The summed E-state index contributed by atoms with van der Waals surface area (Å²) in [5.74, 6) is 0.0387. The van der Waals surface area contributed by atoms with Crippen LogP contribution in [0, 0.1) is 6.92 Å². The molecule has 1 N–H and O–H groups in total. The molecule has 0 aliphatic rings. The molecule has 0 radical (unpaired) electrons. The summed E-state index contributed by atoms with van der Waals surface area (Å²) in [4.78, 5) is 14.1. The number of aryl methyl sites for hydroxylation is 1. The summed E-state index contributed by atoms with van der Waals surface area (Å²) in [6, 6.07) is 17.4. The van der Waals surface area contributed by atoms with Crippen molar-refractivity contribution in [3.63, 3.8) is 0 Å². The quantitative estimate of drug-likeness (QED) is 0.921. The van der Waals surface area contributed by atoms with Crippen LogP contribution < -0.4 is 10.2 Å². The molecule has 0 fully saturated rings. The van der Waals surface area contributed by atoms with E-state index in [1.165, 1.54) is 5.56 Å². The van der Waals surface area contributed by atoms with Gasteiger partial charge in [0, 0.05) is 18.4 Å². The van der Waals surface area contributed by atoms with Crippen molar-refractivity contribution in [2.24, 2.45) is 0 Å². The third-order valence-corrected chi connectivity index (χ3v) is 3.28. The molecule has 0 spiro atoms. The normalized spacial score (nSPS) is 11.8. The number of nitrogens with zero attached hydrogens (tertiary/aromatic N) is 1. The number of amides is 1. The first-order valence-electron chi connectivity index (χ1n) is 6.74. The second kappa shape index (κ2) is 6.24. The van der Waals surface area contributed by atoms with Crippen molar-refractivity contribution >= 4 is 17.3 Å². The Bertz CT molecular complexity index is 563. The Labute approximate surface area is 120 Å². The first-order chi connectivity index (χ1) is 9.58. The molecule has 0 saturated carbocycles. The van der Waals surface area contributed by atoms with Crippen LogP contribution in [-0.2, 0) is 4.79 Å². The van der Waals surface area contributed by atoms with Crippen molar-refractivity contribution in [2.75, 3.05) is 17.3 Å². The molecule has 0 bridgehead atoms. The summed E-state index contributed by atoms with van der Waals surface area (Å²) in [5, 5.41) is 3.23. The minimum Gasteiger partial charge on any atom is -0.374 e. The third kappa shape index (κ3) is 3.38. The number of carbonyl (C=O) groups excluding carboxylic acids is 1. The number of benzene rings is 2. The lowest BCUT2D eigenvalue weighted by atomic mass is 10.2. The Kier molecular flexibility index (Phi) is 4.41. The number of para-hydroxylation sites is 1. The fraction of sp³-hybridized carbons (Fsp3) is 0.235. The molecule has 1 atom stereocenters. The molecule has 2 rings (SSSR count). The highest BCUT2D eigenvalue weighted by atomic mass is 16.2. The van der Waals surface area contributed by atoms with Gasteiger partial charge in [0.15, 0.2) is 0 Å². The number of hydrogen-bond acceptors (Lipinski definition) is 2. The van der Waals surface area contributed by atoms with E-state index >= 15 is 0 Å². The van der Waals surface area contributed by atoms with Gasteiger partial charge >= 0.3 is 0 Å². The van der Waals surface area contributed by atoms with E-state index in [1.54, 1.807) is 11.9 Å². The van der Waals surface area contributed by atoms with Crippen LogP contribution in [0.25, 0.3) is 0 Å². The predicted octanol–water partition coefficient (Wildman–Crippen LogP) is 3.46. The van der Waals surface area contributed by atoms with Gasteiger partial charge in [-0.25, -0.2) is 0 Å². The summed E-state index contributed by atoms with van der Waals surface area (Å²) in [5.41, 5.74) is 3.06. The molecular formula is C17H20N2O. The highest BCUT2D eigenvalue weighted by molar-refractivity contribution is 5.97. The molecule has 0 aliphatic heterocycles. The maximum atomic E-state index is 12.4. The topological polar surface area (TPSA) is 32.3 Å². The number of hydrogen-bond donors (Lipinski definition) is 1. The van der Waals surface area contributed by atoms with Crippen molar-refractivity contribution in [1.82, 2.24) is 0 Å². The van der Waals surface area contributed by atoms with Crippen LogP contribution in [0.15, 0.2) is 54.6 Å². The number of anilines is 2. The van der Waals surface area contributed by atoms with E-state index in [1.807, 2.05) is 68.4 Å². The summed E-state index contributed by atoms with van der Waals surface area (Å²) < 4.78 is 0. The van der Waals surface area contributed by atoms with E-state index in [9.17, 15) is 4.79 Å². The molecule has 1 amide bonds. The molecular weight excluding hydrogens is 248 g/mol. The van der Waals surface area contributed by atoms with E-state index in [-0.39, 0.29) is 11.9 Å². The molecule has 0 heterocycles. The molecule has 20 heavy (non-hydrogen) atoms. The lowest BCUT2D eigenvalue weighted by Gasteiger charge is -2.23. The second-order valence-corrected chi connectivity index (χ2v) is 4.96. The van der Waals surface area contributed by atoms with Crippen LogP contribution in [0.3, 0.4) is 0 Å². The van der Waals surface area contributed by atoms with Crippen LogP contribution in [0.2, 0.25) is 0 Å². The molecule has 0 saturated heterocycles. The first kappa shape index (κ1) is 14.1. The summed E-state index contributed by atoms with van der Waals surface area (Å²) in [6.45, 7) is 3.92. The fourth-order valence-electron chi connectivity index (χ4n) is 2.03. The maximum absolute atomic E-state index is 12.4. The number of nitrogens with one attached hydrogen (secondary N) is 1. The van der Waals surface area contributed by atoms with Crippen molar-refractivity contribution in [3.8, 4) is 0 Å². The lowest BCUT2D eigenvalue weighted by Crippen LogP contribution is -2.39. The number of rotatable bonds is 4. The van der Waals surface area contributed by atoms with Gasteiger partial charge in [-0.05, 0) is 38.1 Å². The van der Waals surface area contributed by atoms with Gasteiger partial charge < -0.3 is 10.2 Å². The van der Waals surface area contributed by atoms with Gasteiger partial charge in [-0.1, -0.05) is 35.9 Å². The number of carbonyl (C=O) groups is 1. The van der Waals surface area contributed by atoms with E-state index in [4.69, 9.17) is 0 Å². The molecule has 2 aromatic carbocycles. The van der Waals surface area contributed by atoms with Gasteiger partial charge in [-0.3, -0.25) is 4.79 Å². The average Bonchev–Trinajstić information content (AvgIpc) is 2.49. The highest BCUT2D eigenvalue weighted by Gasteiger charge is 2.18. The van der Waals surface area contributed by atoms with E-state index in [2.05, 4.69) is 5.32 Å². The van der Waals surface area contributed by atoms with Crippen molar-refractivity contribution in [2.45, 2.75) is 19.9 Å². The van der Waals surface area contributed by atoms with Gasteiger partial charge in [-0.2, -0.15) is 0 Å². The molecule has 3 nitrogen and oxygen atoms in total. The van der Waals surface area contributed by atoms with Crippen LogP contribution in [0.4, 0.5) is 11.4 Å². The van der Waals surface area contributed by atoms with E-state index in [0.29, 0.717) is 0 Å². The minimum absolute atomic E-state index is 0.0387. The second-order valence-electron chi connectivity index (χ2n) is 4.96. The van der Waals surface area contributed by atoms with Crippen LogP contribution in [-0.4, -0.2) is 19.0 Å². The first-order valence-corrected chi connectivity index (χ1v) is 6.74. The molecule has 104 valence electrons. The fourth-order valence-corrected chi connectivity index (χ4v) is 2.03. The maximum Gasteiger partial charge on any atom is 0.248 e. The van der Waals surface area contributed by atoms with E-state index < -0.39 is 0 Å². The molecule has 0 aliphatic carbocycles. The Morgan fingerprint density at radius 1 is 1.05 bits per heavy atom. The smallest absolute Gasteiger partial charge is 0.248 e. The van der Waals surface area contributed by atoms with Crippen molar-refractivity contribution < 1.29 is 4.79 Å². The largest absolute Gasteiger partial charge is 0.374 e. The van der Waals surface area contributed by atoms with Crippen molar-refractivity contribution in [1.29, 1.82) is 0 Å². The molecule has 1 unspecified atom stereocenters. The number of likely N-dealkylation sites (N-methyl/N-ethyl adjacent to an activating group) is 1. The summed E-state index contributed by atoms with van der Waals surface area (Å²) in [6.07, 6.45) is 0.